The minimum Gasteiger partial charge on any atom is -0.320 e. The van der Waals surface area contributed by atoms with Gasteiger partial charge in [0.1, 0.15) is 5.82 Å². The lowest BCUT2D eigenvalue weighted by Gasteiger charge is -2.14. The third-order valence-corrected chi connectivity index (χ3v) is 3.92. The van der Waals surface area contributed by atoms with Gasteiger partial charge in [-0.2, -0.15) is 0 Å². The van der Waals surface area contributed by atoms with Crippen molar-refractivity contribution < 1.29 is 4.39 Å². The van der Waals surface area contributed by atoms with Crippen molar-refractivity contribution >= 4 is 26.7 Å². The van der Waals surface area contributed by atoms with E-state index < -0.39 is 6.04 Å². The van der Waals surface area contributed by atoms with E-state index in [1.54, 1.807) is 12.1 Å². The molecule has 0 saturated carbocycles. The highest BCUT2D eigenvalue weighted by atomic mass is 79.9. The molecule has 0 aliphatic heterocycles. The lowest BCUT2D eigenvalue weighted by Crippen LogP contribution is -2.13. The number of fused-ring (bicyclic) bond motifs is 1. The molecule has 3 aromatic carbocycles. The van der Waals surface area contributed by atoms with Crippen LogP contribution in [0.4, 0.5) is 4.39 Å². The van der Waals surface area contributed by atoms with Gasteiger partial charge in [0.2, 0.25) is 0 Å². The van der Waals surface area contributed by atoms with Gasteiger partial charge >= 0.3 is 0 Å². The van der Waals surface area contributed by atoms with E-state index in [4.69, 9.17) is 5.73 Å². The Morgan fingerprint density at radius 3 is 2.40 bits per heavy atom. The summed E-state index contributed by atoms with van der Waals surface area (Å²) in [5.41, 5.74) is 7.61. The van der Waals surface area contributed by atoms with E-state index >= 15 is 0 Å². The molecule has 3 aromatic rings. The summed E-state index contributed by atoms with van der Waals surface area (Å²) < 4.78 is 14.7. The van der Waals surface area contributed by atoms with Crippen LogP contribution < -0.4 is 5.73 Å². The van der Waals surface area contributed by atoms with E-state index in [0.29, 0.717) is 10.0 Å². The Balaban J connectivity index is 2.05. The summed E-state index contributed by atoms with van der Waals surface area (Å²) in [4.78, 5) is 0. The molecule has 0 spiro atoms. The van der Waals surface area contributed by atoms with Crippen LogP contribution in [0.15, 0.2) is 65.1 Å². The Bertz CT molecular complexity index is 770. The van der Waals surface area contributed by atoms with Crippen LogP contribution in [0, 0.1) is 5.82 Å². The van der Waals surface area contributed by atoms with E-state index in [1.807, 2.05) is 42.5 Å². The highest BCUT2D eigenvalue weighted by molar-refractivity contribution is 9.10. The fraction of sp³-hybridized carbons (Fsp3) is 0.0588. The monoisotopic (exact) mass is 329 g/mol. The third kappa shape index (κ3) is 2.47. The van der Waals surface area contributed by atoms with Gasteiger partial charge in [0.15, 0.2) is 0 Å². The minimum absolute atomic E-state index is 0.292. The predicted octanol–water partition coefficient (Wildman–Crippen LogP) is 4.79. The molecule has 0 saturated heterocycles. The number of halogens is 2. The Labute approximate surface area is 125 Å². The van der Waals surface area contributed by atoms with Crippen LogP contribution in [0.1, 0.15) is 17.2 Å². The smallest absolute Gasteiger partial charge is 0.129 e. The number of rotatable bonds is 2. The van der Waals surface area contributed by atoms with Gasteiger partial charge in [-0.25, -0.2) is 4.39 Å². The molecule has 3 rings (SSSR count). The first kappa shape index (κ1) is 13.3. The average molecular weight is 330 g/mol. The molecule has 1 atom stereocenters. The van der Waals surface area contributed by atoms with Gasteiger partial charge in [-0.05, 0) is 34.5 Å². The molecule has 0 aliphatic rings. The Kier molecular flexibility index (Phi) is 3.55. The summed E-state index contributed by atoms with van der Waals surface area (Å²) in [6.07, 6.45) is 0. The van der Waals surface area contributed by atoms with Crippen molar-refractivity contribution in [3.63, 3.8) is 0 Å². The summed E-state index contributed by atoms with van der Waals surface area (Å²) in [5.74, 6) is -0.292. The molecule has 20 heavy (non-hydrogen) atoms. The maximum Gasteiger partial charge on any atom is 0.129 e. The predicted molar refractivity (Wildman–Crippen MR) is 84.1 cm³/mol. The van der Waals surface area contributed by atoms with Crippen LogP contribution in [-0.2, 0) is 0 Å². The first-order valence-corrected chi connectivity index (χ1v) is 7.14. The van der Waals surface area contributed by atoms with Gasteiger partial charge in [0.25, 0.3) is 0 Å². The van der Waals surface area contributed by atoms with Gasteiger partial charge in [0, 0.05) is 10.0 Å². The molecule has 0 amide bonds. The lowest BCUT2D eigenvalue weighted by molar-refractivity contribution is 0.599. The van der Waals surface area contributed by atoms with E-state index in [1.165, 1.54) is 6.07 Å². The lowest BCUT2D eigenvalue weighted by atomic mass is 9.97. The van der Waals surface area contributed by atoms with Crippen molar-refractivity contribution in [3.05, 3.63) is 82.1 Å². The number of hydrogen-bond donors (Lipinski definition) is 1. The van der Waals surface area contributed by atoms with Crippen molar-refractivity contribution in [1.82, 2.24) is 0 Å². The van der Waals surface area contributed by atoms with Gasteiger partial charge < -0.3 is 5.73 Å². The quantitative estimate of drug-likeness (QED) is 0.718. The molecule has 0 radical (unpaired) electrons. The fourth-order valence-corrected chi connectivity index (χ4v) is 2.67. The van der Waals surface area contributed by atoms with Crippen LogP contribution in [0.2, 0.25) is 0 Å². The number of nitrogens with two attached hydrogens (primary N) is 1. The van der Waals surface area contributed by atoms with E-state index in [9.17, 15) is 4.39 Å². The van der Waals surface area contributed by atoms with Gasteiger partial charge in [-0.3, -0.25) is 0 Å². The van der Waals surface area contributed by atoms with Gasteiger partial charge in [-0.15, -0.1) is 0 Å². The topological polar surface area (TPSA) is 26.0 Å². The summed E-state index contributed by atoms with van der Waals surface area (Å²) >= 11 is 3.25. The maximum atomic E-state index is 14.0. The van der Waals surface area contributed by atoms with E-state index in [0.717, 1.165) is 16.3 Å². The van der Waals surface area contributed by atoms with Crippen LogP contribution in [-0.4, -0.2) is 0 Å². The first-order chi connectivity index (χ1) is 9.65. The van der Waals surface area contributed by atoms with Gasteiger partial charge in [-0.1, -0.05) is 58.4 Å². The van der Waals surface area contributed by atoms with E-state index in [2.05, 4.69) is 15.9 Å². The zero-order valence-corrected chi connectivity index (χ0v) is 12.3. The molecule has 0 bridgehead atoms. The zero-order valence-electron chi connectivity index (χ0n) is 10.7. The van der Waals surface area contributed by atoms with Crippen molar-refractivity contribution in [1.29, 1.82) is 0 Å². The van der Waals surface area contributed by atoms with Crippen LogP contribution in [0.3, 0.4) is 0 Å². The molecule has 1 unspecified atom stereocenters. The highest BCUT2D eigenvalue weighted by Gasteiger charge is 2.14. The minimum atomic E-state index is -0.465. The molecule has 100 valence electrons. The second-order valence-electron chi connectivity index (χ2n) is 4.75. The summed E-state index contributed by atoms with van der Waals surface area (Å²) in [6.45, 7) is 0. The number of hydrogen-bond acceptors (Lipinski definition) is 1. The molecular formula is C17H13BrFN. The van der Waals surface area contributed by atoms with Crippen LogP contribution >= 0.6 is 15.9 Å². The molecule has 3 heteroatoms. The Morgan fingerprint density at radius 2 is 1.65 bits per heavy atom. The summed E-state index contributed by atoms with van der Waals surface area (Å²) in [6, 6.07) is 18.5. The molecule has 0 heterocycles. The van der Waals surface area contributed by atoms with Crippen LogP contribution in [0.5, 0.6) is 0 Å². The van der Waals surface area contributed by atoms with Crippen molar-refractivity contribution in [2.45, 2.75) is 6.04 Å². The SMILES string of the molecule is NC(c1ccc2ccccc2c1)c1ccc(Br)cc1F. The van der Waals surface area contributed by atoms with E-state index in [-0.39, 0.29) is 5.82 Å². The van der Waals surface area contributed by atoms with Crippen molar-refractivity contribution in [2.75, 3.05) is 0 Å². The first-order valence-electron chi connectivity index (χ1n) is 6.34. The Morgan fingerprint density at radius 1 is 0.900 bits per heavy atom. The molecule has 0 aliphatic carbocycles. The second kappa shape index (κ2) is 5.35. The molecule has 1 nitrogen and oxygen atoms in total. The standard InChI is InChI=1S/C17H13BrFN/c18-14-7-8-15(16(19)10-14)17(20)13-6-5-11-3-1-2-4-12(11)9-13/h1-10,17H,20H2. The van der Waals surface area contributed by atoms with Crippen molar-refractivity contribution in [2.24, 2.45) is 5.73 Å². The van der Waals surface area contributed by atoms with Crippen LogP contribution in [0.25, 0.3) is 10.8 Å². The van der Waals surface area contributed by atoms with Crippen molar-refractivity contribution in [3.8, 4) is 0 Å². The Hall–Kier alpha value is -1.71. The molecule has 0 aromatic heterocycles. The zero-order chi connectivity index (χ0) is 14.1. The third-order valence-electron chi connectivity index (χ3n) is 3.43. The number of benzene rings is 3. The summed E-state index contributed by atoms with van der Waals surface area (Å²) in [5, 5.41) is 2.26. The second-order valence-corrected chi connectivity index (χ2v) is 5.67. The fourth-order valence-electron chi connectivity index (χ4n) is 2.33. The molecular weight excluding hydrogens is 317 g/mol. The average Bonchev–Trinajstić information content (AvgIpc) is 2.46. The highest BCUT2D eigenvalue weighted by Crippen LogP contribution is 2.27. The maximum absolute atomic E-state index is 14.0. The normalized spacial score (nSPS) is 12.6. The van der Waals surface area contributed by atoms with Gasteiger partial charge in [0.05, 0.1) is 6.04 Å². The molecule has 0 fully saturated rings. The largest absolute Gasteiger partial charge is 0.320 e. The molecule has 2 N–H and O–H groups in total. The summed E-state index contributed by atoms with van der Waals surface area (Å²) in [7, 11) is 0.